The van der Waals surface area contributed by atoms with E-state index in [0.717, 1.165) is 56.4 Å². The molecule has 0 amide bonds. The van der Waals surface area contributed by atoms with E-state index in [9.17, 15) is 0 Å². The topological polar surface area (TPSA) is 70.5 Å². The number of hydrogen-bond acceptors (Lipinski definition) is 4. The van der Waals surface area contributed by atoms with E-state index in [1.165, 1.54) is 12.0 Å². The molecule has 2 saturated carbocycles. The highest BCUT2D eigenvalue weighted by atomic mass is 35.5. The Balaban J connectivity index is 1.34. The van der Waals surface area contributed by atoms with Crippen molar-refractivity contribution in [2.45, 2.75) is 63.2 Å². The minimum Gasteiger partial charge on any atom is -0.490 e. The third-order valence-electron chi connectivity index (χ3n) is 6.35. The van der Waals surface area contributed by atoms with Crippen molar-refractivity contribution in [3.63, 3.8) is 0 Å². The van der Waals surface area contributed by atoms with Gasteiger partial charge in [-0.15, -0.1) is 0 Å². The third kappa shape index (κ3) is 4.71. The molecule has 0 bridgehead atoms. The van der Waals surface area contributed by atoms with E-state index in [2.05, 4.69) is 12.1 Å². The zero-order valence-electron chi connectivity index (χ0n) is 16.9. The molecule has 4 rings (SSSR count). The molecule has 4 nitrogen and oxygen atoms in total. The summed E-state index contributed by atoms with van der Waals surface area (Å²) in [5.41, 5.74) is 15.4. The largest absolute Gasteiger partial charge is 0.490 e. The van der Waals surface area contributed by atoms with E-state index in [4.69, 9.17) is 32.5 Å². The molecule has 0 aliphatic heterocycles. The Kier molecular flexibility index (Phi) is 6.33. The summed E-state index contributed by atoms with van der Waals surface area (Å²) >= 11 is 6.33. The van der Waals surface area contributed by atoms with E-state index < -0.39 is 5.54 Å². The van der Waals surface area contributed by atoms with Gasteiger partial charge in [-0.25, -0.2) is 0 Å². The summed E-state index contributed by atoms with van der Waals surface area (Å²) in [4.78, 5) is 0. The Bertz CT molecular complexity index is 815. The van der Waals surface area contributed by atoms with Gasteiger partial charge in [0.05, 0.1) is 30.0 Å². The lowest BCUT2D eigenvalue weighted by Gasteiger charge is -2.39. The quantitative estimate of drug-likeness (QED) is 0.594. The molecule has 0 heterocycles. The highest BCUT2D eigenvalue weighted by Gasteiger charge is 2.37. The van der Waals surface area contributed by atoms with Crippen LogP contribution >= 0.6 is 11.6 Å². The number of nitrogens with two attached hydrogens (primary N) is 2. The van der Waals surface area contributed by atoms with E-state index in [-0.39, 0.29) is 6.10 Å². The second-order valence-electron chi connectivity index (χ2n) is 8.63. The molecule has 2 aliphatic carbocycles. The predicted molar refractivity (Wildman–Crippen MR) is 118 cm³/mol. The van der Waals surface area contributed by atoms with Gasteiger partial charge >= 0.3 is 0 Å². The molecule has 0 spiro atoms. The van der Waals surface area contributed by atoms with Crippen LogP contribution in [0.2, 0.25) is 5.02 Å². The van der Waals surface area contributed by atoms with Crippen LogP contribution in [0, 0.1) is 5.92 Å². The Labute approximate surface area is 178 Å². The highest BCUT2D eigenvalue weighted by molar-refractivity contribution is 6.33. The second-order valence-corrected chi connectivity index (χ2v) is 9.04. The first kappa shape index (κ1) is 20.5. The number of ether oxygens (including phenoxy) is 2. The summed E-state index contributed by atoms with van der Waals surface area (Å²) in [5, 5.41) is 0.559. The Morgan fingerprint density at radius 1 is 1.00 bits per heavy atom. The zero-order chi connectivity index (χ0) is 20.3. The molecule has 0 aromatic heterocycles. The van der Waals surface area contributed by atoms with Crippen molar-refractivity contribution in [3.8, 4) is 5.75 Å². The Hall–Kier alpha value is -1.75. The van der Waals surface area contributed by atoms with Crippen LogP contribution in [-0.4, -0.2) is 12.7 Å². The number of anilines is 1. The Morgan fingerprint density at radius 3 is 2.45 bits per heavy atom. The Morgan fingerprint density at radius 2 is 1.72 bits per heavy atom. The van der Waals surface area contributed by atoms with Crippen LogP contribution in [0.3, 0.4) is 0 Å². The number of rotatable bonds is 7. The number of nitrogen functional groups attached to an aromatic ring is 1. The summed E-state index contributed by atoms with van der Waals surface area (Å²) in [6.45, 7) is 1.43. The number of halogens is 1. The first-order valence-corrected chi connectivity index (χ1v) is 11.1. The van der Waals surface area contributed by atoms with Gasteiger partial charge < -0.3 is 20.9 Å². The van der Waals surface area contributed by atoms with Crippen LogP contribution in [-0.2, 0) is 16.9 Å². The van der Waals surface area contributed by atoms with Crippen molar-refractivity contribution < 1.29 is 9.47 Å². The lowest BCUT2D eigenvalue weighted by molar-refractivity contribution is -0.00337. The van der Waals surface area contributed by atoms with Gasteiger partial charge in [-0.2, -0.15) is 0 Å². The summed E-state index contributed by atoms with van der Waals surface area (Å²) in [5.74, 6) is 1.35. The summed E-state index contributed by atoms with van der Waals surface area (Å²) in [6.07, 6.45) is 7.49. The van der Waals surface area contributed by atoms with Gasteiger partial charge in [0, 0.05) is 11.1 Å². The van der Waals surface area contributed by atoms with Crippen LogP contribution in [0.1, 0.15) is 56.1 Å². The monoisotopic (exact) mass is 414 g/mol. The summed E-state index contributed by atoms with van der Waals surface area (Å²) in [6, 6.07) is 14.0. The SMILES string of the molecule is Nc1c(Cl)ccc(OC2CC(COCc3ccccc3)C2)c1C1(N)CCCCC1. The maximum atomic E-state index is 6.80. The maximum Gasteiger partial charge on any atom is 0.126 e. The molecular formula is C24H31ClN2O2. The molecule has 2 fully saturated rings. The van der Waals surface area contributed by atoms with Gasteiger partial charge in [0.1, 0.15) is 5.75 Å². The van der Waals surface area contributed by atoms with Gasteiger partial charge in [0.2, 0.25) is 0 Å². The van der Waals surface area contributed by atoms with Crippen molar-refractivity contribution in [2.24, 2.45) is 11.7 Å². The summed E-state index contributed by atoms with van der Waals surface area (Å²) < 4.78 is 12.2. The third-order valence-corrected chi connectivity index (χ3v) is 6.68. The van der Waals surface area contributed by atoms with E-state index in [1.807, 2.05) is 30.3 Å². The van der Waals surface area contributed by atoms with E-state index in [0.29, 0.717) is 23.2 Å². The smallest absolute Gasteiger partial charge is 0.126 e. The number of hydrogen-bond donors (Lipinski definition) is 2. The first-order valence-electron chi connectivity index (χ1n) is 10.7. The van der Waals surface area contributed by atoms with Crippen LogP contribution in [0.5, 0.6) is 5.75 Å². The molecule has 0 unspecified atom stereocenters. The predicted octanol–water partition coefficient (Wildman–Crippen LogP) is 5.41. The van der Waals surface area contributed by atoms with Crippen LogP contribution in [0.4, 0.5) is 5.69 Å². The molecule has 4 N–H and O–H groups in total. The van der Waals surface area contributed by atoms with Crippen LogP contribution < -0.4 is 16.2 Å². The normalized spacial score (nSPS) is 23.4. The molecule has 29 heavy (non-hydrogen) atoms. The zero-order valence-corrected chi connectivity index (χ0v) is 17.7. The van der Waals surface area contributed by atoms with Gasteiger partial charge in [-0.1, -0.05) is 61.2 Å². The molecule has 2 aromatic rings. The molecular weight excluding hydrogens is 384 g/mol. The fourth-order valence-corrected chi connectivity index (χ4v) is 4.78. The maximum absolute atomic E-state index is 6.80. The van der Waals surface area contributed by atoms with Gasteiger partial charge in [0.15, 0.2) is 0 Å². The van der Waals surface area contributed by atoms with Crippen molar-refractivity contribution in [2.75, 3.05) is 12.3 Å². The standard InChI is InChI=1S/C24H31ClN2O2/c25-20-9-10-21(22(23(20)26)24(27)11-5-2-6-12-24)29-19-13-18(14-19)16-28-15-17-7-3-1-4-8-17/h1,3-4,7-10,18-19H,2,5-6,11-16,26-27H2. The lowest BCUT2D eigenvalue weighted by atomic mass is 9.76. The van der Waals surface area contributed by atoms with Gasteiger partial charge in [-0.05, 0) is 49.3 Å². The lowest BCUT2D eigenvalue weighted by Crippen LogP contribution is -2.41. The van der Waals surface area contributed by atoms with Crippen LogP contribution in [0.25, 0.3) is 0 Å². The van der Waals surface area contributed by atoms with E-state index >= 15 is 0 Å². The summed E-state index contributed by atoms with van der Waals surface area (Å²) in [7, 11) is 0. The molecule has 0 radical (unpaired) electrons. The average molecular weight is 415 g/mol. The fourth-order valence-electron chi connectivity index (χ4n) is 4.62. The van der Waals surface area contributed by atoms with Crippen molar-refractivity contribution in [1.29, 1.82) is 0 Å². The molecule has 0 saturated heterocycles. The highest BCUT2D eigenvalue weighted by Crippen LogP contribution is 2.46. The second kappa shape index (κ2) is 8.95. The fraction of sp³-hybridized carbons (Fsp3) is 0.500. The van der Waals surface area contributed by atoms with Crippen LogP contribution in [0.15, 0.2) is 42.5 Å². The molecule has 0 atom stereocenters. The van der Waals surface area contributed by atoms with Gasteiger partial charge in [-0.3, -0.25) is 0 Å². The average Bonchev–Trinajstić information content (AvgIpc) is 2.70. The molecule has 156 valence electrons. The molecule has 2 aliphatic rings. The van der Waals surface area contributed by atoms with E-state index in [1.54, 1.807) is 0 Å². The van der Waals surface area contributed by atoms with Crippen molar-refractivity contribution in [1.82, 2.24) is 0 Å². The minimum atomic E-state index is -0.440. The first-order chi connectivity index (χ1) is 14.0. The van der Waals surface area contributed by atoms with Crippen molar-refractivity contribution in [3.05, 3.63) is 58.6 Å². The molecule has 2 aromatic carbocycles. The van der Waals surface area contributed by atoms with Gasteiger partial charge in [0.25, 0.3) is 0 Å². The van der Waals surface area contributed by atoms with Crippen molar-refractivity contribution >= 4 is 17.3 Å². The molecule has 5 heteroatoms. The number of benzene rings is 2. The minimum absolute atomic E-state index is 0.187.